The van der Waals surface area contributed by atoms with Gasteiger partial charge in [-0.1, -0.05) is 0 Å². The summed E-state index contributed by atoms with van der Waals surface area (Å²) in [6, 6.07) is -0.0443. The maximum absolute atomic E-state index is 11.8. The first-order chi connectivity index (χ1) is 7.97. The molecule has 1 rings (SSSR count). The van der Waals surface area contributed by atoms with Crippen LogP contribution in [0.4, 0.5) is 0 Å². The summed E-state index contributed by atoms with van der Waals surface area (Å²) in [4.78, 5) is 27.2. The molecule has 1 amide bonds. The van der Waals surface area contributed by atoms with Gasteiger partial charge in [0.05, 0.1) is 13.0 Å². The van der Waals surface area contributed by atoms with Crippen molar-refractivity contribution >= 4 is 11.9 Å². The molecule has 1 aliphatic heterocycles. The molecule has 0 aromatic carbocycles. The smallest absolute Gasteiger partial charge is 0.311 e. The summed E-state index contributed by atoms with van der Waals surface area (Å²) in [6.45, 7) is 3.58. The van der Waals surface area contributed by atoms with Crippen molar-refractivity contribution in [2.75, 3.05) is 34.3 Å². The molecule has 2 atom stereocenters. The fourth-order valence-corrected chi connectivity index (χ4v) is 2.24. The normalized spacial score (nSPS) is 24.5. The van der Waals surface area contributed by atoms with E-state index < -0.39 is 0 Å². The number of hydrogen-bond acceptors (Lipinski definition) is 4. The lowest BCUT2D eigenvalue weighted by molar-refractivity contribution is -0.146. The minimum Gasteiger partial charge on any atom is -0.469 e. The van der Waals surface area contributed by atoms with Gasteiger partial charge in [0, 0.05) is 19.0 Å². The second-order valence-electron chi connectivity index (χ2n) is 4.82. The van der Waals surface area contributed by atoms with Crippen LogP contribution >= 0.6 is 0 Å². The Hall–Kier alpha value is -1.10. The summed E-state index contributed by atoms with van der Waals surface area (Å²) >= 11 is 0. The summed E-state index contributed by atoms with van der Waals surface area (Å²) in [7, 11) is 5.38. The molecule has 0 bridgehead atoms. The third-order valence-corrected chi connectivity index (χ3v) is 3.30. The Bertz CT molecular complexity index is 291. The molecular formula is C12H22N2O3. The molecule has 1 fully saturated rings. The van der Waals surface area contributed by atoms with E-state index in [9.17, 15) is 9.59 Å². The number of carbonyl (C=O) groups is 2. The van der Waals surface area contributed by atoms with E-state index >= 15 is 0 Å². The fourth-order valence-electron chi connectivity index (χ4n) is 2.24. The average molecular weight is 242 g/mol. The van der Waals surface area contributed by atoms with Gasteiger partial charge in [-0.3, -0.25) is 9.59 Å². The topological polar surface area (TPSA) is 49.9 Å². The van der Waals surface area contributed by atoms with Crippen LogP contribution in [0.3, 0.4) is 0 Å². The van der Waals surface area contributed by atoms with Gasteiger partial charge >= 0.3 is 5.97 Å². The van der Waals surface area contributed by atoms with Gasteiger partial charge in [0.15, 0.2) is 0 Å². The molecule has 1 aliphatic rings. The number of carbonyl (C=O) groups excluding carboxylic acids is 2. The Morgan fingerprint density at radius 1 is 1.53 bits per heavy atom. The highest BCUT2D eigenvalue weighted by Crippen LogP contribution is 2.26. The molecule has 5 nitrogen and oxygen atoms in total. The Kier molecular flexibility index (Phi) is 4.93. The van der Waals surface area contributed by atoms with Crippen LogP contribution in [0.15, 0.2) is 0 Å². The summed E-state index contributed by atoms with van der Waals surface area (Å²) < 4.78 is 4.72. The highest BCUT2D eigenvalue weighted by atomic mass is 16.5. The van der Waals surface area contributed by atoms with E-state index in [4.69, 9.17) is 4.74 Å². The van der Waals surface area contributed by atoms with Gasteiger partial charge in [0.2, 0.25) is 5.91 Å². The standard InChI is InChI=1S/C12H22N2O3/c1-9-10(12(16)17-4)8-11(15)14(9)7-5-6-13(2)3/h9-10H,5-8H2,1-4H3. The second-order valence-corrected chi connectivity index (χ2v) is 4.82. The van der Waals surface area contributed by atoms with Crippen molar-refractivity contribution in [1.29, 1.82) is 0 Å². The Balaban J connectivity index is 2.50. The van der Waals surface area contributed by atoms with Crippen LogP contribution in [-0.2, 0) is 14.3 Å². The molecule has 0 spiro atoms. The molecular weight excluding hydrogens is 220 g/mol. The van der Waals surface area contributed by atoms with E-state index in [1.165, 1.54) is 7.11 Å². The first-order valence-electron chi connectivity index (χ1n) is 5.99. The third-order valence-electron chi connectivity index (χ3n) is 3.30. The zero-order valence-electron chi connectivity index (χ0n) is 11.1. The van der Waals surface area contributed by atoms with Crippen molar-refractivity contribution < 1.29 is 14.3 Å². The Morgan fingerprint density at radius 2 is 2.18 bits per heavy atom. The maximum atomic E-state index is 11.8. The van der Waals surface area contributed by atoms with Crippen LogP contribution in [0, 0.1) is 5.92 Å². The maximum Gasteiger partial charge on any atom is 0.311 e. The number of esters is 1. The fraction of sp³-hybridized carbons (Fsp3) is 0.833. The summed E-state index contributed by atoms with van der Waals surface area (Å²) in [6.07, 6.45) is 1.22. The number of nitrogens with zero attached hydrogens (tertiary/aromatic N) is 2. The van der Waals surface area contributed by atoms with Gasteiger partial charge in [-0.25, -0.2) is 0 Å². The first kappa shape index (κ1) is 14.0. The highest BCUT2D eigenvalue weighted by Gasteiger charge is 2.41. The number of hydrogen-bond donors (Lipinski definition) is 0. The molecule has 0 N–H and O–H groups in total. The van der Waals surface area contributed by atoms with Crippen LogP contribution < -0.4 is 0 Å². The van der Waals surface area contributed by atoms with Crippen molar-refractivity contribution in [2.45, 2.75) is 25.8 Å². The van der Waals surface area contributed by atoms with Gasteiger partial charge < -0.3 is 14.5 Å². The van der Waals surface area contributed by atoms with E-state index in [1.807, 2.05) is 21.0 Å². The summed E-state index contributed by atoms with van der Waals surface area (Å²) in [5.74, 6) is -0.514. The molecule has 2 unspecified atom stereocenters. The van der Waals surface area contributed by atoms with Gasteiger partial charge in [0.25, 0.3) is 0 Å². The molecule has 0 aliphatic carbocycles. The molecule has 0 saturated carbocycles. The third kappa shape index (κ3) is 3.43. The molecule has 17 heavy (non-hydrogen) atoms. The molecule has 0 aromatic rings. The predicted molar refractivity (Wildman–Crippen MR) is 64.5 cm³/mol. The zero-order chi connectivity index (χ0) is 13.0. The molecule has 1 saturated heterocycles. The lowest BCUT2D eigenvalue weighted by Gasteiger charge is -2.24. The Labute approximate surface area is 103 Å². The summed E-state index contributed by atoms with van der Waals surface area (Å²) in [5, 5.41) is 0. The van der Waals surface area contributed by atoms with Crippen molar-refractivity contribution in [3.8, 4) is 0 Å². The lowest BCUT2D eigenvalue weighted by atomic mass is 10.0. The van der Waals surface area contributed by atoms with E-state index in [0.29, 0.717) is 6.54 Å². The number of amides is 1. The molecule has 0 aromatic heterocycles. The van der Waals surface area contributed by atoms with Crippen LogP contribution in [0.5, 0.6) is 0 Å². The van der Waals surface area contributed by atoms with Crippen LogP contribution in [0.1, 0.15) is 19.8 Å². The molecule has 1 heterocycles. The van der Waals surface area contributed by atoms with E-state index in [1.54, 1.807) is 4.90 Å². The van der Waals surface area contributed by atoms with Gasteiger partial charge in [-0.15, -0.1) is 0 Å². The average Bonchev–Trinajstić information content (AvgIpc) is 2.55. The lowest BCUT2D eigenvalue weighted by Crippen LogP contribution is -2.36. The zero-order valence-corrected chi connectivity index (χ0v) is 11.1. The monoisotopic (exact) mass is 242 g/mol. The van der Waals surface area contributed by atoms with Crippen molar-refractivity contribution in [1.82, 2.24) is 9.80 Å². The van der Waals surface area contributed by atoms with Gasteiger partial charge in [-0.2, -0.15) is 0 Å². The van der Waals surface area contributed by atoms with Crippen molar-refractivity contribution in [3.63, 3.8) is 0 Å². The van der Waals surface area contributed by atoms with Crippen LogP contribution in [0.2, 0.25) is 0 Å². The number of rotatable bonds is 5. The highest BCUT2D eigenvalue weighted by molar-refractivity contribution is 5.87. The SMILES string of the molecule is COC(=O)C1CC(=O)N(CCCN(C)C)C1C. The number of methoxy groups -OCH3 is 1. The Morgan fingerprint density at radius 3 is 2.71 bits per heavy atom. The predicted octanol–water partition coefficient (Wildman–Crippen LogP) is 0.348. The van der Waals surface area contributed by atoms with Crippen molar-refractivity contribution in [2.24, 2.45) is 5.92 Å². The molecule has 5 heteroatoms. The number of ether oxygens (including phenoxy) is 1. The quantitative estimate of drug-likeness (QED) is 0.653. The molecule has 0 radical (unpaired) electrons. The van der Waals surface area contributed by atoms with E-state index in [0.717, 1.165) is 13.0 Å². The number of likely N-dealkylation sites (tertiary alicyclic amines) is 1. The second kappa shape index (κ2) is 6.00. The van der Waals surface area contributed by atoms with Gasteiger partial charge in [0.1, 0.15) is 0 Å². The largest absolute Gasteiger partial charge is 0.469 e. The minimum atomic E-state index is -0.299. The first-order valence-corrected chi connectivity index (χ1v) is 5.99. The van der Waals surface area contributed by atoms with Crippen LogP contribution in [-0.4, -0.2) is 62.0 Å². The van der Waals surface area contributed by atoms with Crippen LogP contribution in [0.25, 0.3) is 0 Å². The van der Waals surface area contributed by atoms with Gasteiger partial charge in [-0.05, 0) is 34.0 Å². The summed E-state index contributed by atoms with van der Waals surface area (Å²) in [5.41, 5.74) is 0. The van der Waals surface area contributed by atoms with Crippen molar-refractivity contribution in [3.05, 3.63) is 0 Å². The minimum absolute atomic E-state index is 0.0443. The molecule has 98 valence electrons. The van der Waals surface area contributed by atoms with E-state index in [2.05, 4.69) is 4.90 Å². The van der Waals surface area contributed by atoms with E-state index in [-0.39, 0.29) is 30.3 Å².